The zero-order chi connectivity index (χ0) is 26.4. The standard InChI is InChI=1S/C22H15ClF5N5O3/c1-29-21(36)33-15-8-16(34)30-18(13-7-11(24)2-3-14(13)23)17(15)19(32-33)31-20(35)9-4-10(22(26,27)28)6-12(25)5-9/h2-7,18H,8H2,1H3,(H,29,36)(H,30,34)(H,31,32,35). The second kappa shape index (κ2) is 9.22. The van der Waals surface area contributed by atoms with Gasteiger partial charge in [0.15, 0.2) is 5.82 Å². The average Bonchev–Trinajstić information content (AvgIpc) is 3.16. The number of anilines is 1. The van der Waals surface area contributed by atoms with Crippen LogP contribution in [0.25, 0.3) is 0 Å². The van der Waals surface area contributed by atoms with Gasteiger partial charge in [-0.1, -0.05) is 11.6 Å². The lowest BCUT2D eigenvalue weighted by molar-refractivity contribution is -0.137. The summed E-state index contributed by atoms with van der Waals surface area (Å²) in [6.07, 6.45) is -5.28. The molecule has 3 aromatic rings. The summed E-state index contributed by atoms with van der Waals surface area (Å²) in [6, 6.07) is 2.64. The molecule has 0 radical (unpaired) electrons. The Kier molecular flexibility index (Phi) is 6.43. The number of fused-ring (bicyclic) bond motifs is 1. The number of hydrogen-bond acceptors (Lipinski definition) is 4. The highest BCUT2D eigenvalue weighted by atomic mass is 35.5. The van der Waals surface area contributed by atoms with Crippen LogP contribution in [-0.2, 0) is 17.4 Å². The van der Waals surface area contributed by atoms with Crippen LogP contribution in [0.2, 0.25) is 5.02 Å². The molecule has 14 heteroatoms. The number of alkyl halides is 3. The first kappa shape index (κ1) is 25.1. The van der Waals surface area contributed by atoms with Crippen molar-refractivity contribution in [3.63, 3.8) is 0 Å². The molecule has 188 valence electrons. The van der Waals surface area contributed by atoms with Crippen LogP contribution in [0.15, 0.2) is 36.4 Å². The summed E-state index contributed by atoms with van der Waals surface area (Å²) < 4.78 is 67.9. The minimum atomic E-state index is -4.92. The molecule has 4 rings (SSSR count). The summed E-state index contributed by atoms with van der Waals surface area (Å²) in [6.45, 7) is 0. The topological polar surface area (TPSA) is 105 Å². The maximum absolute atomic E-state index is 14.0. The molecule has 0 bridgehead atoms. The van der Waals surface area contributed by atoms with E-state index in [1.165, 1.54) is 13.1 Å². The van der Waals surface area contributed by atoms with Crippen molar-refractivity contribution < 1.29 is 36.3 Å². The van der Waals surface area contributed by atoms with Gasteiger partial charge in [-0.25, -0.2) is 13.6 Å². The number of rotatable bonds is 3. The third kappa shape index (κ3) is 4.73. The molecule has 3 N–H and O–H groups in total. The van der Waals surface area contributed by atoms with Crippen LogP contribution in [0.3, 0.4) is 0 Å². The van der Waals surface area contributed by atoms with Crippen LogP contribution < -0.4 is 16.0 Å². The number of amides is 3. The van der Waals surface area contributed by atoms with Gasteiger partial charge in [-0.15, -0.1) is 5.10 Å². The van der Waals surface area contributed by atoms with Crippen LogP contribution in [-0.4, -0.2) is 34.7 Å². The maximum atomic E-state index is 14.0. The fraction of sp³-hybridized carbons (Fsp3) is 0.182. The van der Waals surface area contributed by atoms with Gasteiger partial charge >= 0.3 is 12.2 Å². The van der Waals surface area contributed by atoms with Gasteiger partial charge in [-0.3, -0.25) is 9.59 Å². The monoisotopic (exact) mass is 527 g/mol. The molecule has 1 aromatic heterocycles. The van der Waals surface area contributed by atoms with Crippen molar-refractivity contribution in [1.29, 1.82) is 0 Å². The van der Waals surface area contributed by atoms with E-state index in [4.69, 9.17) is 11.6 Å². The Morgan fingerprint density at radius 3 is 2.53 bits per heavy atom. The zero-order valence-corrected chi connectivity index (χ0v) is 18.9. The summed E-state index contributed by atoms with van der Waals surface area (Å²) in [7, 11) is 1.28. The van der Waals surface area contributed by atoms with Gasteiger partial charge in [-0.2, -0.15) is 17.9 Å². The number of nitrogens with one attached hydrogen (secondary N) is 3. The van der Waals surface area contributed by atoms with Gasteiger partial charge in [0.05, 0.1) is 23.7 Å². The van der Waals surface area contributed by atoms with Crippen LogP contribution in [0.4, 0.5) is 32.6 Å². The van der Waals surface area contributed by atoms with Crippen LogP contribution in [0, 0.1) is 11.6 Å². The van der Waals surface area contributed by atoms with Gasteiger partial charge in [0.25, 0.3) is 5.91 Å². The highest BCUT2D eigenvalue weighted by molar-refractivity contribution is 6.31. The smallest absolute Gasteiger partial charge is 0.345 e. The molecular weight excluding hydrogens is 513 g/mol. The SMILES string of the molecule is CNC(=O)n1nc(NC(=O)c2cc(F)cc(C(F)(F)F)c2)c2c1CC(=O)NC2c1cc(F)ccc1Cl. The van der Waals surface area contributed by atoms with E-state index in [-0.39, 0.29) is 40.1 Å². The van der Waals surface area contributed by atoms with Gasteiger partial charge in [0.2, 0.25) is 5.91 Å². The Morgan fingerprint density at radius 1 is 1.14 bits per heavy atom. The first-order valence-electron chi connectivity index (χ1n) is 10.2. The Balaban J connectivity index is 1.84. The van der Waals surface area contributed by atoms with Crippen molar-refractivity contribution in [2.24, 2.45) is 0 Å². The van der Waals surface area contributed by atoms with E-state index in [1.807, 2.05) is 0 Å². The average molecular weight is 528 g/mol. The van der Waals surface area contributed by atoms with Crippen molar-refractivity contribution >= 4 is 35.3 Å². The largest absolute Gasteiger partial charge is 0.416 e. The van der Waals surface area contributed by atoms with E-state index < -0.39 is 52.8 Å². The van der Waals surface area contributed by atoms with Gasteiger partial charge < -0.3 is 16.0 Å². The summed E-state index contributed by atoms with van der Waals surface area (Å²) in [5.74, 6) is -4.08. The molecule has 2 aromatic carbocycles. The lowest BCUT2D eigenvalue weighted by Crippen LogP contribution is -2.38. The number of halogens is 6. The Labute approximate surface area is 204 Å². The lowest BCUT2D eigenvalue weighted by Gasteiger charge is -2.26. The molecule has 8 nitrogen and oxygen atoms in total. The Bertz CT molecular complexity index is 1410. The molecule has 1 aliphatic rings. The fourth-order valence-corrected chi connectivity index (χ4v) is 4.00. The summed E-state index contributed by atoms with van der Waals surface area (Å²) >= 11 is 6.21. The van der Waals surface area contributed by atoms with Gasteiger partial charge in [-0.05, 0) is 36.4 Å². The minimum Gasteiger partial charge on any atom is -0.345 e. The van der Waals surface area contributed by atoms with Crippen molar-refractivity contribution in [2.45, 2.75) is 18.6 Å². The number of aromatic nitrogens is 2. The van der Waals surface area contributed by atoms with E-state index in [9.17, 15) is 36.3 Å². The first-order chi connectivity index (χ1) is 16.9. The second-order valence-electron chi connectivity index (χ2n) is 7.70. The highest BCUT2D eigenvalue weighted by Crippen LogP contribution is 2.38. The van der Waals surface area contributed by atoms with Crippen LogP contribution in [0.1, 0.15) is 38.8 Å². The molecule has 0 saturated carbocycles. The first-order valence-corrected chi connectivity index (χ1v) is 10.5. The van der Waals surface area contributed by atoms with Crippen molar-refractivity contribution in [1.82, 2.24) is 20.4 Å². The van der Waals surface area contributed by atoms with E-state index in [2.05, 4.69) is 21.0 Å². The van der Waals surface area contributed by atoms with Crippen molar-refractivity contribution in [3.8, 4) is 0 Å². The Morgan fingerprint density at radius 2 is 1.86 bits per heavy atom. The van der Waals surface area contributed by atoms with E-state index >= 15 is 0 Å². The molecule has 0 fully saturated rings. The molecule has 0 aliphatic carbocycles. The molecule has 1 aliphatic heterocycles. The van der Waals surface area contributed by atoms with E-state index in [0.29, 0.717) is 12.1 Å². The highest BCUT2D eigenvalue weighted by Gasteiger charge is 2.37. The molecule has 2 heterocycles. The molecule has 1 atom stereocenters. The van der Waals surface area contributed by atoms with Crippen molar-refractivity contribution in [3.05, 3.63) is 81.0 Å². The predicted octanol–water partition coefficient (Wildman–Crippen LogP) is 4.04. The second-order valence-corrected chi connectivity index (χ2v) is 8.11. The van der Waals surface area contributed by atoms with Gasteiger partial charge in [0.1, 0.15) is 11.6 Å². The summed E-state index contributed by atoms with van der Waals surface area (Å²) in [5.41, 5.74) is -1.92. The molecular formula is C22H15ClF5N5O3. The van der Waals surface area contributed by atoms with E-state index in [0.717, 1.165) is 16.8 Å². The number of carbonyl (C=O) groups excluding carboxylic acids is 3. The number of benzene rings is 2. The predicted molar refractivity (Wildman–Crippen MR) is 117 cm³/mol. The number of carbonyl (C=O) groups is 3. The minimum absolute atomic E-state index is 0.0222. The third-order valence-corrected chi connectivity index (χ3v) is 5.68. The fourth-order valence-electron chi connectivity index (χ4n) is 3.77. The lowest BCUT2D eigenvalue weighted by atomic mass is 9.93. The van der Waals surface area contributed by atoms with Crippen LogP contribution in [0.5, 0.6) is 0 Å². The quantitative estimate of drug-likeness (QED) is 0.447. The molecule has 0 spiro atoms. The number of nitrogens with zero attached hydrogens (tertiary/aromatic N) is 2. The molecule has 36 heavy (non-hydrogen) atoms. The Hall–Kier alpha value is -4.00. The van der Waals surface area contributed by atoms with Crippen molar-refractivity contribution in [2.75, 3.05) is 12.4 Å². The molecule has 1 unspecified atom stereocenters. The summed E-state index contributed by atoms with van der Waals surface area (Å²) in [4.78, 5) is 37.7. The van der Waals surface area contributed by atoms with Crippen LogP contribution >= 0.6 is 11.6 Å². The summed E-state index contributed by atoms with van der Waals surface area (Å²) in [5, 5.41) is 11.2. The number of hydrogen-bond donors (Lipinski definition) is 3. The maximum Gasteiger partial charge on any atom is 0.416 e. The normalized spacial score (nSPS) is 15.2. The third-order valence-electron chi connectivity index (χ3n) is 5.34. The zero-order valence-electron chi connectivity index (χ0n) is 18.1. The molecule has 0 saturated heterocycles. The molecule has 3 amide bonds. The van der Waals surface area contributed by atoms with Gasteiger partial charge in [0, 0.05) is 28.8 Å². The van der Waals surface area contributed by atoms with E-state index in [1.54, 1.807) is 0 Å².